The van der Waals surface area contributed by atoms with Crippen LogP contribution in [0.1, 0.15) is 24.8 Å². The second-order valence-electron chi connectivity index (χ2n) is 2.61. The number of hydrogen-bond acceptors (Lipinski definition) is 4. The highest BCUT2D eigenvalue weighted by Gasteiger charge is 2.20. The SMILES string of the molecule is S=c1nc(C2CCCN2)o[nH]1. The monoisotopic (exact) mass is 171 g/mol. The molecular formula is C6H9N3OS. The number of aromatic amines is 1. The summed E-state index contributed by atoms with van der Waals surface area (Å²) in [4.78, 5) is 4.02. The van der Waals surface area contributed by atoms with Crippen LogP contribution in [0, 0.1) is 4.77 Å². The van der Waals surface area contributed by atoms with Gasteiger partial charge in [0.1, 0.15) is 0 Å². The van der Waals surface area contributed by atoms with Crippen LogP contribution in [-0.4, -0.2) is 16.7 Å². The van der Waals surface area contributed by atoms with Gasteiger partial charge in [-0.3, -0.25) is 0 Å². The highest BCUT2D eigenvalue weighted by molar-refractivity contribution is 7.71. The molecule has 1 aliphatic rings. The predicted octanol–water partition coefficient (Wildman–Crippen LogP) is 1.16. The summed E-state index contributed by atoms with van der Waals surface area (Å²) < 4.78 is 5.47. The fourth-order valence-electron chi connectivity index (χ4n) is 1.29. The maximum atomic E-state index is 5.05. The van der Waals surface area contributed by atoms with Crippen molar-refractivity contribution < 1.29 is 4.52 Å². The van der Waals surface area contributed by atoms with Crippen LogP contribution >= 0.6 is 12.2 Å². The molecule has 1 aliphatic heterocycles. The normalized spacial score (nSPS) is 24.2. The van der Waals surface area contributed by atoms with Crippen LogP contribution in [0.4, 0.5) is 0 Å². The third-order valence-corrected chi connectivity index (χ3v) is 1.99. The Morgan fingerprint density at radius 2 is 2.55 bits per heavy atom. The molecule has 60 valence electrons. The number of H-pyrrole nitrogens is 1. The van der Waals surface area contributed by atoms with Crippen LogP contribution in [0.25, 0.3) is 0 Å². The number of nitrogens with one attached hydrogen (secondary N) is 2. The lowest BCUT2D eigenvalue weighted by molar-refractivity contribution is 0.343. The van der Waals surface area contributed by atoms with E-state index in [0.717, 1.165) is 13.0 Å². The molecule has 0 aliphatic carbocycles. The van der Waals surface area contributed by atoms with Gasteiger partial charge in [0.25, 0.3) is 0 Å². The lowest BCUT2D eigenvalue weighted by Gasteiger charge is -2.00. The van der Waals surface area contributed by atoms with Crippen molar-refractivity contribution in [2.24, 2.45) is 0 Å². The summed E-state index contributed by atoms with van der Waals surface area (Å²) in [5.74, 6) is 0.688. The summed E-state index contributed by atoms with van der Waals surface area (Å²) in [5.41, 5.74) is 0. The van der Waals surface area contributed by atoms with E-state index in [9.17, 15) is 0 Å². The Kier molecular flexibility index (Phi) is 1.75. The Morgan fingerprint density at radius 3 is 3.09 bits per heavy atom. The number of aromatic nitrogens is 2. The Balaban J connectivity index is 2.21. The van der Waals surface area contributed by atoms with Crippen LogP contribution in [0.2, 0.25) is 0 Å². The molecule has 0 bridgehead atoms. The van der Waals surface area contributed by atoms with E-state index in [-0.39, 0.29) is 6.04 Å². The zero-order valence-electron chi connectivity index (χ0n) is 5.96. The molecular weight excluding hydrogens is 162 g/mol. The molecule has 2 N–H and O–H groups in total. The van der Waals surface area contributed by atoms with Crippen LogP contribution in [-0.2, 0) is 0 Å². The molecule has 1 fully saturated rings. The quantitative estimate of drug-likeness (QED) is 0.622. The molecule has 1 aromatic rings. The molecule has 0 saturated carbocycles. The summed E-state index contributed by atoms with van der Waals surface area (Å²) in [6.07, 6.45) is 2.27. The summed E-state index contributed by atoms with van der Waals surface area (Å²) in [5, 5.41) is 5.80. The standard InChI is InChI=1S/C6H9N3OS/c11-6-8-5(10-9-6)4-2-1-3-7-4/h4,7H,1-3H2,(H,9,11). The maximum absolute atomic E-state index is 5.05. The molecule has 0 spiro atoms. The van der Waals surface area contributed by atoms with E-state index in [4.69, 9.17) is 16.7 Å². The molecule has 5 heteroatoms. The molecule has 2 rings (SSSR count). The van der Waals surface area contributed by atoms with Crippen LogP contribution < -0.4 is 5.32 Å². The van der Waals surface area contributed by atoms with Gasteiger partial charge in [-0.05, 0) is 31.6 Å². The second-order valence-corrected chi connectivity index (χ2v) is 2.99. The fourth-order valence-corrected chi connectivity index (χ4v) is 1.42. The van der Waals surface area contributed by atoms with Crippen molar-refractivity contribution in [2.75, 3.05) is 6.54 Å². The average Bonchev–Trinajstić information content (AvgIpc) is 2.55. The molecule has 0 radical (unpaired) electrons. The van der Waals surface area contributed by atoms with Crippen LogP contribution in [0.5, 0.6) is 0 Å². The minimum atomic E-state index is 0.267. The Bertz CT molecular complexity index is 286. The van der Waals surface area contributed by atoms with Gasteiger partial charge in [-0.1, -0.05) is 0 Å². The van der Waals surface area contributed by atoms with Gasteiger partial charge < -0.3 is 9.84 Å². The smallest absolute Gasteiger partial charge is 0.241 e. The summed E-state index contributed by atoms with van der Waals surface area (Å²) in [6, 6.07) is 0.267. The largest absolute Gasteiger partial charge is 0.362 e. The van der Waals surface area contributed by atoms with Gasteiger partial charge in [-0.25, -0.2) is 0 Å². The molecule has 0 amide bonds. The van der Waals surface area contributed by atoms with Gasteiger partial charge >= 0.3 is 0 Å². The van der Waals surface area contributed by atoms with E-state index in [0.29, 0.717) is 10.7 Å². The lowest BCUT2D eigenvalue weighted by atomic mass is 10.2. The Morgan fingerprint density at radius 1 is 1.64 bits per heavy atom. The lowest BCUT2D eigenvalue weighted by Crippen LogP contribution is -2.12. The maximum Gasteiger partial charge on any atom is 0.241 e. The van der Waals surface area contributed by atoms with Gasteiger partial charge in [0.15, 0.2) is 0 Å². The number of rotatable bonds is 1. The van der Waals surface area contributed by atoms with Crippen molar-refractivity contribution in [2.45, 2.75) is 18.9 Å². The highest BCUT2D eigenvalue weighted by Crippen LogP contribution is 2.20. The van der Waals surface area contributed by atoms with E-state index in [1.54, 1.807) is 0 Å². The van der Waals surface area contributed by atoms with Gasteiger partial charge in [0.2, 0.25) is 10.7 Å². The van der Waals surface area contributed by atoms with Crippen molar-refractivity contribution in [3.05, 3.63) is 10.7 Å². The molecule has 11 heavy (non-hydrogen) atoms. The van der Waals surface area contributed by atoms with Gasteiger partial charge in [0, 0.05) is 0 Å². The van der Waals surface area contributed by atoms with Gasteiger partial charge in [0.05, 0.1) is 6.04 Å². The first-order chi connectivity index (χ1) is 5.36. The van der Waals surface area contributed by atoms with Crippen molar-refractivity contribution >= 4 is 12.2 Å². The van der Waals surface area contributed by atoms with E-state index < -0.39 is 0 Å². The first kappa shape index (κ1) is 7.00. The van der Waals surface area contributed by atoms with E-state index in [2.05, 4.69) is 15.5 Å². The third kappa shape index (κ3) is 1.34. The minimum absolute atomic E-state index is 0.267. The van der Waals surface area contributed by atoms with Crippen LogP contribution in [0.3, 0.4) is 0 Å². The molecule has 0 aromatic carbocycles. The van der Waals surface area contributed by atoms with E-state index >= 15 is 0 Å². The van der Waals surface area contributed by atoms with Crippen molar-refractivity contribution in [3.8, 4) is 0 Å². The Hall–Kier alpha value is -0.680. The summed E-state index contributed by atoms with van der Waals surface area (Å²) >= 11 is 4.78. The highest BCUT2D eigenvalue weighted by atomic mass is 32.1. The van der Waals surface area contributed by atoms with Crippen LogP contribution in [0.15, 0.2) is 4.52 Å². The fraction of sp³-hybridized carbons (Fsp3) is 0.667. The molecule has 1 unspecified atom stereocenters. The zero-order valence-corrected chi connectivity index (χ0v) is 6.78. The zero-order chi connectivity index (χ0) is 7.68. The molecule has 1 atom stereocenters. The number of hydrogen-bond donors (Lipinski definition) is 2. The van der Waals surface area contributed by atoms with Gasteiger partial charge in [-0.15, -0.1) is 0 Å². The first-order valence-electron chi connectivity index (χ1n) is 3.65. The molecule has 4 nitrogen and oxygen atoms in total. The minimum Gasteiger partial charge on any atom is -0.362 e. The second kappa shape index (κ2) is 2.75. The van der Waals surface area contributed by atoms with Gasteiger partial charge in [-0.2, -0.15) is 10.1 Å². The molecule has 1 aromatic heterocycles. The first-order valence-corrected chi connectivity index (χ1v) is 4.06. The Labute approximate surface area is 69.0 Å². The van der Waals surface area contributed by atoms with E-state index in [1.807, 2.05) is 0 Å². The predicted molar refractivity (Wildman–Crippen MR) is 41.7 cm³/mol. The summed E-state index contributed by atoms with van der Waals surface area (Å²) in [6.45, 7) is 1.04. The topological polar surface area (TPSA) is 53.9 Å². The van der Waals surface area contributed by atoms with Crippen molar-refractivity contribution in [3.63, 3.8) is 0 Å². The van der Waals surface area contributed by atoms with Crippen molar-refractivity contribution in [1.29, 1.82) is 0 Å². The average molecular weight is 171 g/mol. The third-order valence-electron chi connectivity index (χ3n) is 1.81. The summed E-state index contributed by atoms with van der Waals surface area (Å²) in [7, 11) is 0. The van der Waals surface area contributed by atoms with E-state index in [1.165, 1.54) is 6.42 Å². The number of nitrogens with zero attached hydrogens (tertiary/aromatic N) is 1. The molecule has 2 heterocycles. The molecule has 1 saturated heterocycles. The van der Waals surface area contributed by atoms with Crippen molar-refractivity contribution in [1.82, 2.24) is 15.5 Å².